The van der Waals surface area contributed by atoms with Crippen molar-refractivity contribution in [2.75, 3.05) is 6.23 Å². The molecule has 0 aliphatic heterocycles. The molecule has 0 saturated heterocycles. The molecule has 0 heterocycles. The van der Waals surface area contributed by atoms with Crippen LogP contribution in [0.2, 0.25) is 58.9 Å². The van der Waals surface area contributed by atoms with Gasteiger partial charge < -0.3 is 17.2 Å². The summed E-state index contributed by atoms with van der Waals surface area (Å²) in [5, 5.41) is 0. The highest BCUT2D eigenvalue weighted by Crippen LogP contribution is 2.21. The lowest BCUT2D eigenvalue weighted by Crippen LogP contribution is -2.55. The second-order valence-corrected chi connectivity index (χ2v) is 21.6. The van der Waals surface area contributed by atoms with Crippen LogP contribution in [0.25, 0.3) is 0 Å². The molecule has 0 aliphatic carbocycles. The van der Waals surface area contributed by atoms with Crippen LogP contribution < -0.4 is 0 Å². The lowest BCUT2D eigenvalue weighted by Gasteiger charge is -2.37. The molecule has 0 bridgehead atoms. The standard InChI is InChI=1S/C8H25O3PSi3.C2H6OSi.C2H4/c1-13(2,3)10-15(7,8-9-12)11-14(4,5)6;1-4(2)3;1-2/h8,12H2,1-7H3;1-2H3;1-2H2. The van der Waals surface area contributed by atoms with E-state index in [2.05, 4.69) is 68.5 Å². The van der Waals surface area contributed by atoms with E-state index in [0.29, 0.717) is 6.23 Å². The topological polar surface area (TPSA) is 44.8 Å². The maximum absolute atomic E-state index is 9.63. The first-order valence-electron chi connectivity index (χ1n) is 6.90. The Kier molecular flexibility index (Phi) is 15.4. The van der Waals surface area contributed by atoms with Gasteiger partial charge in [0, 0.05) is 0 Å². The summed E-state index contributed by atoms with van der Waals surface area (Å²) < 4.78 is 27.2. The average molecular weight is 387 g/mol. The third kappa shape index (κ3) is 26.0. The third-order valence-corrected chi connectivity index (χ3v) is 10.9. The molecule has 4 nitrogen and oxygen atoms in total. The minimum atomic E-state index is -2.14. The first-order chi connectivity index (χ1) is 9.21. The SMILES string of the molecule is C=C.C[Si](C)(C)O[Si](C)(COP)O[Si](C)(C)C.C[Si](C)=O. The van der Waals surface area contributed by atoms with Gasteiger partial charge in [0.2, 0.25) is 0 Å². The van der Waals surface area contributed by atoms with Crippen molar-refractivity contribution >= 4 is 43.3 Å². The van der Waals surface area contributed by atoms with Crippen molar-refractivity contribution in [1.82, 2.24) is 0 Å². The van der Waals surface area contributed by atoms with Gasteiger partial charge in [-0.25, -0.2) is 0 Å². The Morgan fingerprint density at radius 1 is 0.905 bits per heavy atom. The minimum Gasteiger partial charge on any atom is -0.435 e. The van der Waals surface area contributed by atoms with Crippen LogP contribution in [0.4, 0.5) is 0 Å². The Morgan fingerprint density at radius 3 is 1.29 bits per heavy atom. The summed E-state index contributed by atoms with van der Waals surface area (Å²) in [6.07, 6.45) is 0.589. The summed E-state index contributed by atoms with van der Waals surface area (Å²) in [5.41, 5.74) is 0. The molecule has 0 rings (SSSR count). The summed E-state index contributed by atoms with van der Waals surface area (Å²) in [5.74, 6) is 0. The van der Waals surface area contributed by atoms with E-state index in [1.165, 1.54) is 0 Å². The van der Waals surface area contributed by atoms with E-state index in [1.54, 1.807) is 13.1 Å². The molecular formula is C12H35O4PSi4. The van der Waals surface area contributed by atoms with Crippen LogP contribution in [0.5, 0.6) is 0 Å². The van der Waals surface area contributed by atoms with Gasteiger partial charge in [-0.1, -0.05) is 0 Å². The molecule has 128 valence electrons. The Morgan fingerprint density at radius 2 is 1.14 bits per heavy atom. The maximum atomic E-state index is 9.63. The van der Waals surface area contributed by atoms with E-state index >= 15 is 0 Å². The Balaban J connectivity index is -0.000000461. The summed E-state index contributed by atoms with van der Waals surface area (Å²) >= 11 is 0. The Labute approximate surface area is 139 Å². The van der Waals surface area contributed by atoms with Gasteiger partial charge in [-0.3, -0.25) is 0 Å². The zero-order valence-electron chi connectivity index (χ0n) is 15.3. The molecule has 0 aromatic heterocycles. The summed E-state index contributed by atoms with van der Waals surface area (Å²) in [7, 11) is -4.10. The molecule has 1 atom stereocenters. The first kappa shape index (κ1) is 26.6. The van der Waals surface area contributed by atoms with Crippen molar-refractivity contribution in [3.63, 3.8) is 0 Å². The third-order valence-electron chi connectivity index (χ3n) is 1.39. The van der Waals surface area contributed by atoms with Gasteiger partial charge in [0.25, 0.3) is 8.68 Å². The van der Waals surface area contributed by atoms with Crippen LogP contribution in [-0.2, 0) is 17.2 Å². The molecule has 0 fully saturated rings. The van der Waals surface area contributed by atoms with E-state index in [4.69, 9.17) is 12.8 Å². The lowest BCUT2D eigenvalue weighted by atomic mass is 11.3. The monoisotopic (exact) mass is 386 g/mol. The van der Waals surface area contributed by atoms with Crippen LogP contribution in [0, 0.1) is 0 Å². The van der Waals surface area contributed by atoms with Gasteiger partial charge in [-0.15, -0.1) is 13.2 Å². The Hall–Kier alpha value is 0.718. The first-order valence-corrected chi connectivity index (χ1v) is 19.1. The molecule has 0 aromatic rings. The average Bonchev–Trinajstić information content (AvgIpc) is 2.12. The minimum absolute atomic E-state index is 0.589. The highest BCUT2D eigenvalue weighted by atomic mass is 31.0. The lowest BCUT2D eigenvalue weighted by molar-refractivity contribution is 0.318. The predicted octanol–water partition coefficient (Wildman–Crippen LogP) is 4.58. The van der Waals surface area contributed by atoms with E-state index in [0.717, 1.165) is 0 Å². The van der Waals surface area contributed by atoms with E-state index < -0.39 is 33.9 Å². The summed E-state index contributed by atoms with van der Waals surface area (Å²) in [6, 6.07) is 0. The second-order valence-electron chi connectivity index (χ2n) is 6.78. The van der Waals surface area contributed by atoms with Crippen LogP contribution in [0.3, 0.4) is 0 Å². The zero-order valence-corrected chi connectivity index (χ0v) is 20.5. The smallest absolute Gasteiger partial charge is 0.341 e. The van der Waals surface area contributed by atoms with Crippen molar-refractivity contribution < 1.29 is 17.2 Å². The van der Waals surface area contributed by atoms with Crippen LogP contribution in [0.15, 0.2) is 13.2 Å². The highest BCUT2D eigenvalue weighted by molar-refractivity contribution is 7.10. The fourth-order valence-electron chi connectivity index (χ4n) is 1.53. The molecule has 1 unspecified atom stereocenters. The molecule has 0 saturated carbocycles. The van der Waals surface area contributed by atoms with Gasteiger partial charge in [0.05, 0.1) is 6.23 Å². The number of hydrogen-bond donors (Lipinski definition) is 0. The van der Waals surface area contributed by atoms with Gasteiger partial charge in [-0.05, 0) is 68.4 Å². The van der Waals surface area contributed by atoms with Crippen LogP contribution in [0.1, 0.15) is 0 Å². The maximum Gasteiger partial charge on any atom is 0.341 e. The molecule has 0 amide bonds. The Bertz CT molecular complexity index is 270. The van der Waals surface area contributed by atoms with Gasteiger partial charge in [0.1, 0.15) is 0 Å². The van der Waals surface area contributed by atoms with Crippen molar-refractivity contribution in [3.8, 4) is 0 Å². The van der Waals surface area contributed by atoms with Crippen LogP contribution >= 0.6 is 9.47 Å². The molecule has 0 spiro atoms. The van der Waals surface area contributed by atoms with Crippen molar-refractivity contribution in [1.29, 1.82) is 0 Å². The van der Waals surface area contributed by atoms with E-state index in [-0.39, 0.29) is 0 Å². The molecule has 21 heavy (non-hydrogen) atoms. The van der Waals surface area contributed by atoms with Gasteiger partial charge in [0.15, 0.2) is 16.6 Å². The molecular weight excluding hydrogens is 351 g/mol. The van der Waals surface area contributed by atoms with Crippen molar-refractivity contribution in [2.45, 2.75) is 58.9 Å². The number of hydrogen-bond acceptors (Lipinski definition) is 4. The fraction of sp³-hybridized carbons (Fsp3) is 0.833. The second kappa shape index (κ2) is 12.2. The van der Waals surface area contributed by atoms with Crippen molar-refractivity contribution in [3.05, 3.63) is 13.2 Å². The number of rotatable bonds is 6. The quantitative estimate of drug-likeness (QED) is 0.381. The molecule has 0 aliphatic rings. The van der Waals surface area contributed by atoms with Crippen LogP contribution in [-0.4, -0.2) is 40.1 Å². The highest BCUT2D eigenvalue weighted by Gasteiger charge is 2.40. The summed E-state index contributed by atoms with van der Waals surface area (Å²) in [6.45, 7) is 24.7. The summed E-state index contributed by atoms with van der Waals surface area (Å²) in [4.78, 5) is 0. The fourth-order valence-corrected chi connectivity index (χ4v) is 14.1. The van der Waals surface area contributed by atoms with E-state index in [9.17, 15) is 4.46 Å². The molecule has 0 radical (unpaired) electrons. The largest absolute Gasteiger partial charge is 0.435 e. The van der Waals surface area contributed by atoms with E-state index in [1.807, 2.05) is 0 Å². The normalized spacial score (nSPS) is 11.7. The molecule has 0 aromatic carbocycles. The van der Waals surface area contributed by atoms with Crippen molar-refractivity contribution in [2.24, 2.45) is 0 Å². The van der Waals surface area contributed by atoms with Gasteiger partial charge >= 0.3 is 8.56 Å². The predicted molar refractivity (Wildman–Crippen MR) is 106 cm³/mol. The molecule has 9 heteroatoms. The van der Waals surface area contributed by atoms with Gasteiger partial charge in [-0.2, -0.15) is 0 Å². The zero-order chi connectivity index (χ0) is 17.9. The molecule has 0 N–H and O–H groups in total.